The number of halogens is 1. The standard InChI is InChI=1S/C16H17IN2O/c1-12(13-5-3-2-4-6-13)18-11-16(20)19-15-9-7-14(17)8-10-15/h2-10,12,18H,11H2,1H3,(H,19,20)/t12-/m0/s1. The number of hydrogen-bond acceptors (Lipinski definition) is 2. The van der Waals surface area contributed by atoms with Crippen LogP contribution < -0.4 is 10.6 Å². The van der Waals surface area contributed by atoms with Gasteiger partial charge in [0.2, 0.25) is 5.91 Å². The predicted molar refractivity (Wildman–Crippen MR) is 90.6 cm³/mol. The first-order chi connectivity index (χ1) is 9.65. The second-order valence-electron chi connectivity index (χ2n) is 4.57. The summed E-state index contributed by atoms with van der Waals surface area (Å²) in [5, 5.41) is 6.09. The van der Waals surface area contributed by atoms with E-state index in [2.05, 4.69) is 45.4 Å². The van der Waals surface area contributed by atoms with Crippen molar-refractivity contribution in [2.24, 2.45) is 0 Å². The van der Waals surface area contributed by atoms with Crippen molar-refractivity contribution in [2.75, 3.05) is 11.9 Å². The van der Waals surface area contributed by atoms with E-state index in [1.165, 1.54) is 5.56 Å². The summed E-state index contributed by atoms with van der Waals surface area (Å²) in [7, 11) is 0. The Morgan fingerprint density at radius 2 is 1.75 bits per heavy atom. The fourth-order valence-corrected chi connectivity index (χ4v) is 2.20. The molecule has 2 N–H and O–H groups in total. The molecule has 0 spiro atoms. The first-order valence-electron chi connectivity index (χ1n) is 6.49. The highest BCUT2D eigenvalue weighted by Gasteiger charge is 2.07. The fourth-order valence-electron chi connectivity index (χ4n) is 1.84. The van der Waals surface area contributed by atoms with Gasteiger partial charge in [0.1, 0.15) is 0 Å². The third kappa shape index (κ3) is 4.61. The maximum atomic E-state index is 11.9. The molecular formula is C16H17IN2O. The van der Waals surface area contributed by atoms with Crippen molar-refractivity contribution in [2.45, 2.75) is 13.0 Å². The van der Waals surface area contributed by atoms with Gasteiger partial charge in [-0.3, -0.25) is 4.79 Å². The Hall–Kier alpha value is -1.40. The zero-order valence-corrected chi connectivity index (χ0v) is 13.4. The summed E-state index contributed by atoms with van der Waals surface area (Å²) < 4.78 is 1.15. The van der Waals surface area contributed by atoms with Crippen LogP contribution in [0.5, 0.6) is 0 Å². The topological polar surface area (TPSA) is 41.1 Å². The molecule has 0 heterocycles. The van der Waals surface area contributed by atoms with E-state index in [4.69, 9.17) is 0 Å². The molecule has 0 aromatic heterocycles. The van der Waals surface area contributed by atoms with Crippen LogP contribution in [0.25, 0.3) is 0 Å². The molecule has 0 aliphatic heterocycles. The summed E-state index contributed by atoms with van der Waals surface area (Å²) in [6, 6.07) is 18.0. The number of carbonyl (C=O) groups is 1. The molecule has 0 saturated heterocycles. The van der Waals surface area contributed by atoms with E-state index >= 15 is 0 Å². The lowest BCUT2D eigenvalue weighted by Crippen LogP contribution is -2.30. The van der Waals surface area contributed by atoms with Crippen LogP contribution >= 0.6 is 22.6 Å². The highest BCUT2D eigenvalue weighted by Crippen LogP contribution is 2.12. The van der Waals surface area contributed by atoms with E-state index in [1.807, 2.05) is 49.4 Å². The van der Waals surface area contributed by atoms with Gasteiger partial charge >= 0.3 is 0 Å². The SMILES string of the molecule is C[C@H](NCC(=O)Nc1ccc(I)cc1)c1ccccc1. The van der Waals surface area contributed by atoms with Crippen LogP contribution in [-0.2, 0) is 4.79 Å². The number of benzene rings is 2. The van der Waals surface area contributed by atoms with Crippen LogP contribution in [-0.4, -0.2) is 12.5 Å². The van der Waals surface area contributed by atoms with Crippen molar-refractivity contribution in [3.8, 4) is 0 Å². The van der Waals surface area contributed by atoms with Gasteiger partial charge in [-0.25, -0.2) is 0 Å². The Balaban J connectivity index is 1.82. The molecule has 3 nitrogen and oxygen atoms in total. The second kappa shape index (κ2) is 7.40. The summed E-state index contributed by atoms with van der Waals surface area (Å²) in [5.74, 6) is -0.0333. The van der Waals surface area contributed by atoms with Gasteiger partial charge in [0.25, 0.3) is 0 Å². The van der Waals surface area contributed by atoms with Crippen molar-refractivity contribution < 1.29 is 4.79 Å². The Morgan fingerprint density at radius 3 is 2.40 bits per heavy atom. The van der Waals surface area contributed by atoms with Crippen molar-refractivity contribution >= 4 is 34.2 Å². The third-order valence-corrected chi connectivity index (χ3v) is 3.72. The van der Waals surface area contributed by atoms with Crippen LogP contribution in [0.2, 0.25) is 0 Å². The van der Waals surface area contributed by atoms with Gasteiger partial charge in [-0.2, -0.15) is 0 Å². The largest absolute Gasteiger partial charge is 0.325 e. The molecule has 0 bridgehead atoms. The number of amides is 1. The Bertz CT molecular complexity index is 554. The molecule has 2 rings (SSSR count). The Kier molecular flexibility index (Phi) is 5.55. The molecule has 0 saturated carbocycles. The summed E-state index contributed by atoms with van der Waals surface area (Å²) in [4.78, 5) is 11.9. The van der Waals surface area contributed by atoms with Gasteiger partial charge < -0.3 is 10.6 Å². The van der Waals surface area contributed by atoms with Gasteiger partial charge in [0.05, 0.1) is 6.54 Å². The van der Waals surface area contributed by atoms with Crippen LogP contribution in [0, 0.1) is 3.57 Å². The molecule has 0 aliphatic rings. The molecule has 20 heavy (non-hydrogen) atoms. The Morgan fingerprint density at radius 1 is 1.10 bits per heavy atom. The first kappa shape index (κ1) is 15.0. The fraction of sp³-hybridized carbons (Fsp3) is 0.188. The van der Waals surface area contributed by atoms with Crippen LogP contribution in [0.15, 0.2) is 54.6 Å². The van der Waals surface area contributed by atoms with E-state index in [1.54, 1.807) is 0 Å². The molecule has 2 aromatic rings. The molecule has 0 aliphatic carbocycles. The summed E-state index contributed by atoms with van der Waals surface area (Å²) >= 11 is 2.24. The lowest BCUT2D eigenvalue weighted by molar-refractivity contribution is -0.115. The van der Waals surface area contributed by atoms with Crippen LogP contribution in [0.4, 0.5) is 5.69 Å². The van der Waals surface area contributed by atoms with E-state index < -0.39 is 0 Å². The van der Waals surface area contributed by atoms with Crippen molar-refractivity contribution in [1.29, 1.82) is 0 Å². The second-order valence-corrected chi connectivity index (χ2v) is 5.81. The number of rotatable bonds is 5. The van der Waals surface area contributed by atoms with Gasteiger partial charge in [-0.15, -0.1) is 0 Å². The normalized spacial score (nSPS) is 11.9. The molecule has 104 valence electrons. The monoisotopic (exact) mass is 380 g/mol. The summed E-state index contributed by atoms with van der Waals surface area (Å²) in [6.45, 7) is 2.34. The zero-order valence-electron chi connectivity index (χ0n) is 11.3. The molecular weight excluding hydrogens is 363 g/mol. The number of hydrogen-bond donors (Lipinski definition) is 2. The zero-order chi connectivity index (χ0) is 14.4. The van der Waals surface area contributed by atoms with Crippen molar-refractivity contribution in [3.63, 3.8) is 0 Å². The van der Waals surface area contributed by atoms with Crippen LogP contribution in [0.1, 0.15) is 18.5 Å². The maximum absolute atomic E-state index is 11.9. The van der Waals surface area contributed by atoms with Gasteiger partial charge in [0, 0.05) is 15.3 Å². The Labute approximate surface area is 132 Å². The molecule has 4 heteroatoms. The maximum Gasteiger partial charge on any atom is 0.238 e. The summed E-state index contributed by atoms with van der Waals surface area (Å²) in [5.41, 5.74) is 2.00. The minimum Gasteiger partial charge on any atom is -0.325 e. The van der Waals surface area contributed by atoms with Crippen molar-refractivity contribution in [3.05, 3.63) is 63.7 Å². The highest BCUT2D eigenvalue weighted by molar-refractivity contribution is 14.1. The molecule has 1 amide bonds. The first-order valence-corrected chi connectivity index (χ1v) is 7.57. The van der Waals surface area contributed by atoms with E-state index in [0.29, 0.717) is 6.54 Å². The van der Waals surface area contributed by atoms with Crippen LogP contribution in [0.3, 0.4) is 0 Å². The van der Waals surface area contributed by atoms with E-state index in [0.717, 1.165) is 9.26 Å². The summed E-state index contributed by atoms with van der Waals surface area (Å²) in [6.07, 6.45) is 0. The molecule has 0 fully saturated rings. The minimum absolute atomic E-state index is 0.0333. The predicted octanol–water partition coefficient (Wildman–Crippen LogP) is 3.58. The molecule has 2 aromatic carbocycles. The average Bonchev–Trinajstić information content (AvgIpc) is 2.48. The third-order valence-electron chi connectivity index (χ3n) is 3.00. The van der Waals surface area contributed by atoms with Gasteiger partial charge in [0.15, 0.2) is 0 Å². The lowest BCUT2D eigenvalue weighted by Gasteiger charge is -2.14. The number of nitrogens with one attached hydrogen (secondary N) is 2. The van der Waals surface area contributed by atoms with Crippen molar-refractivity contribution in [1.82, 2.24) is 5.32 Å². The lowest BCUT2D eigenvalue weighted by atomic mass is 10.1. The highest BCUT2D eigenvalue weighted by atomic mass is 127. The quantitative estimate of drug-likeness (QED) is 0.779. The van der Waals surface area contributed by atoms with Gasteiger partial charge in [-0.1, -0.05) is 30.3 Å². The minimum atomic E-state index is -0.0333. The van der Waals surface area contributed by atoms with E-state index in [9.17, 15) is 4.79 Å². The molecule has 0 unspecified atom stereocenters. The average molecular weight is 380 g/mol. The number of anilines is 1. The molecule has 0 radical (unpaired) electrons. The van der Waals surface area contributed by atoms with E-state index in [-0.39, 0.29) is 11.9 Å². The van der Waals surface area contributed by atoms with Gasteiger partial charge in [-0.05, 0) is 59.3 Å². The smallest absolute Gasteiger partial charge is 0.238 e. The molecule has 1 atom stereocenters. The number of carbonyl (C=O) groups excluding carboxylic acids is 1.